The van der Waals surface area contributed by atoms with Gasteiger partial charge in [-0.15, -0.1) is 12.8 Å². The Morgan fingerprint density at radius 1 is 1.22 bits per heavy atom. The highest BCUT2D eigenvalue weighted by atomic mass is 13.6. The predicted octanol–water partition coefficient (Wildman–Crippen LogP) is 3.25. The summed E-state index contributed by atoms with van der Waals surface area (Å²) >= 11 is 0. The van der Waals surface area contributed by atoms with Crippen LogP contribution in [-0.4, -0.2) is 0 Å². The number of allylic oxidation sites excluding steroid dienone is 2. The molecule has 0 heteroatoms. The summed E-state index contributed by atoms with van der Waals surface area (Å²) in [4.78, 5) is 0. The van der Waals surface area contributed by atoms with Gasteiger partial charge in [-0.3, -0.25) is 0 Å². The Hall–Kier alpha value is -0.700. The van der Waals surface area contributed by atoms with Crippen LogP contribution in [0.2, 0.25) is 0 Å². The summed E-state index contributed by atoms with van der Waals surface area (Å²) in [6, 6.07) is 0. The summed E-state index contributed by atoms with van der Waals surface area (Å²) in [5.41, 5.74) is 0. The standard InChI is InChI=1S/C5H10.C2H6.C2H2/c1-3-5-4-2;2*1-2/h3,5H,4H2,1-2H3;1-2H3;1-2H/b5-3-;;. The molecule has 0 amide bonds. The molecule has 0 atom stereocenters. The molecule has 0 radical (unpaired) electrons. The molecule has 0 fully saturated rings. The molecule has 0 rings (SSSR count). The first-order valence-corrected chi connectivity index (χ1v) is 3.36. The van der Waals surface area contributed by atoms with Crippen LogP contribution in [0.3, 0.4) is 0 Å². The molecule has 0 aromatic carbocycles. The quantitative estimate of drug-likeness (QED) is 0.374. The molecule has 0 aliphatic carbocycles. The molecule has 0 aliphatic heterocycles. The highest BCUT2D eigenvalue weighted by Gasteiger charge is 1.52. The molecule has 0 aromatic heterocycles. The molecule has 0 nitrogen and oxygen atoms in total. The summed E-state index contributed by atoms with van der Waals surface area (Å²) in [5.74, 6) is 0. The number of rotatable bonds is 1. The van der Waals surface area contributed by atoms with Gasteiger partial charge >= 0.3 is 0 Å². The van der Waals surface area contributed by atoms with Crippen LogP contribution in [0, 0.1) is 12.8 Å². The third kappa shape index (κ3) is 121. The fraction of sp³-hybridized carbons (Fsp3) is 0.556. The van der Waals surface area contributed by atoms with Gasteiger partial charge in [0.2, 0.25) is 0 Å². The van der Waals surface area contributed by atoms with Crippen molar-refractivity contribution < 1.29 is 0 Å². The smallest absolute Gasteiger partial charge is 0.0379 e. The highest BCUT2D eigenvalue weighted by molar-refractivity contribution is 4.73. The van der Waals surface area contributed by atoms with Crippen LogP contribution in [0.1, 0.15) is 34.1 Å². The van der Waals surface area contributed by atoms with Gasteiger partial charge in [-0.1, -0.05) is 32.9 Å². The summed E-state index contributed by atoms with van der Waals surface area (Å²) in [5, 5.41) is 0. The highest BCUT2D eigenvalue weighted by Crippen LogP contribution is 1.73. The lowest BCUT2D eigenvalue weighted by Gasteiger charge is -1.65. The summed E-state index contributed by atoms with van der Waals surface area (Å²) in [6.07, 6.45) is 13.3. The van der Waals surface area contributed by atoms with E-state index in [9.17, 15) is 0 Å². The Balaban J connectivity index is -0.0000000771. The maximum atomic E-state index is 4.00. The van der Waals surface area contributed by atoms with Crippen LogP contribution in [0.15, 0.2) is 12.2 Å². The van der Waals surface area contributed by atoms with Gasteiger partial charge in [0.1, 0.15) is 0 Å². The van der Waals surface area contributed by atoms with Crippen molar-refractivity contribution in [3.8, 4) is 12.8 Å². The van der Waals surface area contributed by atoms with E-state index >= 15 is 0 Å². The van der Waals surface area contributed by atoms with Gasteiger partial charge in [0.05, 0.1) is 0 Å². The van der Waals surface area contributed by atoms with Crippen molar-refractivity contribution in [2.24, 2.45) is 0 Å². The van der Waals surface area contributed by atoms with Crippen LogP contribution in [0.25, 0.3) is 0 Å². The minimum atomic E-state index is 1.16. The van der Waals surface area contributed by atoms with E-state index in [1.807, 2.05) is 20.8 Å². The van der Waals surface area contributed by atoms with E-state index in [0.717, 1.165) is 6.42 Å². The van der Waals surface area contributed by atoms with E-state index in [1.54, 1.807) is 0 Å². The van der Waals surface area contributed by atoms with Crippen molar-refractivity contribution in [2.75, 3.05) is 0 Å². The van der Waals surface area contributed by atoms with Gasteiger partial charge in [0.15, 0.2) is 0 Å². The topological polar surface area (TPSA) is 0 Å². The van der Waals surface area contributed by atoms with E-state index < -0.39 is 0 Å². The van der Waals surface area contributed by atoms with Crippen LogP contribution in [0.5, 0.6) is 0 Å². The largest absolute Gasteiger partial charge is 0.124 e. The van der Waals surface area contributed by atoms with E-state index in [4.69, 9.17) is 0 Å². The molecule has 0 saturated heterocycles. The van der Waals surface area contributed by atoms with Crippen LogP contribution >= 0.6 is 0 Å². The second-order valence-corrected chi connectivity index (χ2v) is 0.977. The van der Waals surface area contributed by atoms with E-state index in [1.165, 1.54) is 0 Å². The zero-order valence-electron chi connectivity index (χ0n) is 7.02. The minimum absolute atomic E-state index is 1.16. The monoisotopic (exact) mass is 126 g/mol. The Morgan fingerprint density at radius 3 is 1.56 bits per heavy atom. The summed E-state index contributed by atoms with van der Waals surface area (Å²) in [7, 11) is 0. The Kier molecular flexibility index (Phi) is 95.8. The molecule has 54 valence electrons. The molecule has 0 heterocycles. The lowest BCUT2D eigenvalue weighted by Crippen LogP contribution is -1.43. The zero-order chi connectivity index (χ0) is 8.12. The average Bonchev–Trinajstić information content (AvgIpc) is 1.98. The van der Waals surface area contributed by atoms with Gasteiger partial charge in [-0.05, 0) is 13.3 Å². The maximum Gasteiger partial charge on any atom is -0.0379 e. The average molecular weight is 126 g/mol. The molecule has 0 unspecified atom stereocenters. The third-order valence-corrected chi connectivity index (χ3v) is 0.471. The van der Waals surface area contributed by atoms with Crippen molar-refractivity contribution in [1.82, 2.24) is 0 Å². The Labute approximate surface area is 60.0 Å². The number of terminal acetylenes is 1. The first kappa shape index (κ1) is 15.7. The molecule has 0 bridgehead atoms. The molecule has 0 spiro atoms. The second-order valence-electron chi connectivity index (χ2n) is 0.977. The number of hydrogen-bond donors (Lipinski definition) is 0. The van der Waals surface area contributed by atoms with E-state index in [2.05, 4.69) is 31.9 Å². The first-order chi connectivity index (χ1) is 4.41. The third-order valence-electron chi connectivity index (χ3n) is 0.471. The van der Waals surface area contributed by atoms with Gasteiger partial charge in [0, 0.05) is 0 Å². The van der Waals surface area contributed by atoms with Crippen LogP contribution in [0.4, 0.5) is 0 Å². The van der Waals surface area contributed by atoms with E-state index in [-0.39, 0.29) is 0 Å². The van der Waals surface area contributed by atoms with Gasteiger partial charge < -0.3 is 0 Å². The normalized spacial score (nSPS) is 6.44. The van der Waals surface area contributed by atoms with Gasteiger partial charge in [-0.2, -0.15) is 0 Å². The van der Waals surface area contributed by atoms with Crippen LogP contribution < -0.4 is 0 Å². The lowest BCUT2D eigenvalue weighted by atomic mass is 10.4. The van der Waals surface area contributed by atoms with Crippen LogP contribution in [-0.2, 0) is 0 Å². The Morgan fingerprint density at radius 2 is 1.56 bits per heavy atom. The minimum Gasteiger partial charge on any atom is -0.124 e. The SMILES string of the molecule is C#C.C/C=C\CC.CC. The first-order valence-electron chi connectivity index (χ1n) is 3.36. The molecule has 9 heavy (non-hydrogen) atoms. The molecular weight excluding hydrogens is 108 g/mol. The summed E-state index contributed by atoms with van der Waals surface area (Å²) in [6.45, 7) is 8.16. The number of hydrogen-bond acceptors (Lipinski definition) is 0. The van der Waals surface area contributed by atoms with Crippen molar-refractivity contribution in [3.05, 3.63) is 12.2 Å². The van der Waals surface area contributed by atoms with Gasteiger partial charge in [-0.25, -0.2) is 0 Å². The van der Waals surface area contributed by atoms with E-state index in [0.29, 0.717) is 0 Å². The Bertz CT molecular complexity index is 48.3. The molecular formula is C9H18. The lowest BCUT2D eigenvalue weighted by molar-refractivity contribution is 1.22. The van der Waals surface area contributed by atoms with Crippen molar-refractivity contribution in [1.29, 1.82) is 0 Å². The van der Waals surface area contributed by atoms with Crippen molar-refractivity contribution in [3.63, 3.8) is 0 Å². The van der Waals surface area contributed by atoms with Gasteiger partial charge in [0.25, 0.3) is 0 Å². The molecule has 0 aromatic rings. The fourth-order valence-corrected chi connectivity index (χ4v) is 0.236. The molecule has 0 saturated carbocycles. The van der Waals surface area contributed by atoms with Crippen molar-refractivity contribution >= 4 is 0 Å². The molecule has 0 N–H and O–H groups in total. The van der Waals surface area contributed by atoms with Crippen molar-refractivity contribution in [2.45, 2.75) is 34.1 Å². The molecule has 0 aliphatic rings. The predicted molar refractivity (Wildman–Crippen MR) is 46.3 cm³/mol. The maximum absolute atomic E-state index is 4.00. The summed E-state index contributed by atoms with van der Waals surface area (Å²) < 4.78 is 0. The zero-order valence-corrected chi connectivity index (χ0v) is 7.02. The fourth-order valence-electron chi connectivity index (χ4n) is 0.236. The second kappa shape index (κ2) is 54.8.